The summed E-state index contributed by atoms with van der Waals surface area (Å²) in [5, 5.41) is 8.37. The molecular weight excluding hydrogens is 160 g/mol. The quantitative estimate of drug-likeness (QED) is 0.641. The number of hydrogen-bond donors (Lipinski definition) is 0. The first kappa shape index (κ1) is 9.34. The molecule has 66 valence electrons. The van der Waals surface area contributed by atoms with Crippen LogP contribution in [-0.4, -0.2) is 7.05 Å². The largest absolute Gasteiger partial charge is 0.350 e. The van der Waals surface area contributed by atoms with Gasteiger partial charge in [-0.3, -0.25) is 0 Å². The molecule has 1 rings (SSSR count). The third-order valence-electron chi connectivity index (χ3n) is 1.87. The second-order valence-corrected chi connectivity index (χ2v) is 2.84. The van der Waals surface area contributed by atoms with E-state index in [9.17, 15) is 0 Å². The van der Waals surface area contributed by atoms with E-state index >= 15 is 0 Å². The average molecular weight is 172 g/mol. The Morgan fingerprint density at radius 2 is 2.08 bits per heavy atom. The third kappa shape index (κ3) is 2.34. The van der Waals surface area contributed by atoms with E-state index in [4.69, 9.17) is 5.26 Å². The highest BCUT2D eigenvalue weighted by Gasteiger charge is 1.98. The van der Waals surface area contributed by atoms with E-state index < -0.39 is 0 Å². The van der Waals surface area contributed by atoms with Crippen molar-refractivity contribution in [2.24, 2.45) is 0 Å². The molecule has 0 aliphatic carbocycles. The molecule has 0 saturated carbocycles. The molecule has 0 spiro atoms. The maximum atomic E-state index is 8.37. The molecule has 1 aromatic rings. The summed E-state index contributed by atoms with van der Waals surface area (Å²) in [6.45, 7) is 2.05. The lowest BCUT2D eigenvalue weighted by Gasteiger charge is -2.15. The van der Waals surface area contributed by atoms with Crippen LogP contribution in [0.3, 0.4) is 0 Å². The number of para-hydroxylation sites is 1. The van der Waals surface area contributed by atoms with Crippen molar-refractivity contribution in [1.29, 1.82) is 5.26 Å². The van der Waals surface area contributed by atoms with Crippen LogP contribution in [0.5, 0.6) is 0 Å². The molecule has 2 nitrogen and oxygen atoms in total. The van der Waals surface area contributed by atoms with Crippen molar-refractivity contribution in [3.8, 4) is 6.07 Å². The van der Waals surface area contributed by atoms with Crippen LogP contribution in [0, 0.1) is 18.3 Å². The number of anilines is 1. The number of benzene rings is 1. The van der Waals surface area contributed by atoms with E-state index in [0.29, 0.717) is 0 Å². The molecule has 0 fully saturated rings. The summed E-state index contributed by atoms with van der Waals surface area (Å²) in [6, 6.07) is 10.0. The summed E-state index contributed by atoms with van der Waals surface area (Å²) in [4.78, 5) is 1.93. The Morgan fingerprint density at radius 1 is 1.38 bits per heavy atom. The molecule has 13 heavy (non-hydrogen) atoms. The minimum absolute atomic E-state index is 1.12. The second kappa shape index (κ2) is 4.32. The zero-order valence-corrected chi connectivity index (χ0v) is 7.86. The zero-order valence-electron chi connectivity index (χ0n) is 7.86. The molecule has 0 radical (unpaired) electrons. The van der Waals surface area contributed by atoms with Crippen LogP contribution in [0.15, 0.2) is 36.5 Å². The fraction of sp³-hybridized carbons (Fsp3) is 0.182. The zero-order chi connectivity index (χ0) is 9.68. The normalized spacial score (nSPS) is 9.92. The smallest absolute Gasteiger partial charge is 0.0927 e. The van der Waals surface area contributed by atoms with Crippen LogP contribution >= 0.6 is 0 Å². The molecule has 0 amide bonds. The Morgan fingerprint density at radius 3 is 2.69 bits per heavy atom. The summed E-state index contributed by atoms with van der Waals surface area (Å²) in [5.41, 5.74) is 2.32. The van der Waals surface area contributed by atoms with Crippen LogP contribution in [0.1, 0.15) is 5.56 Å². The Hall–Kier alpha value is -1.75. The van der Waals surface area contributed by atoms with Crippen molar-refractivity contribution in [3.63, 3.8) is 0 Å². The van der Waals surface area contributed by atoms with Gasteiger partial charge >= 0.3 is 0 Å². The molecular formula is C11H12N2. The highest BCUT2D eigenvalue weighted by atomic mass is 15.1. The van der Waals surface area contributed by atoms with Crippen LogP contribution in [0.4, 0.5) is 5.69 Å². The van der Waals surface area contributed by atoms with E-state index in [0.717, 1.165) is 5.69 Å². The first-order chi connectivity index (χ1) is 6.25. The van der Waals surface area contributed by atoms with Crippen LogP contribution in [0.2, 0.25) is 0 Å². The molecule has 0 bridgehead atoms. The number of aryl methyl sites for hydroxylation is 1. The fourth-order valence-electron chi connectivity index (χ4n) is 1.18. The summed E-state index contributed by atoms with van der Waals surface area (Å²) in [6.07, 6.45) is 3.22. The number of nitriles is 1. The minimum Gasteiger partial charge on any atom is -0.350 e. The minimum atomic E-state index is 1.12. The van der Waals surface area contributed by atoms with Crippen molar-refractivity contribution in [1.82, 2.24) is 0 Å². The van der Waals surface area contributed by atoms with Gasteiger partial charge in [0.1, 0.15) is 0 Å². The van der Waals surface area contributed by atoms with Gasteiger partial charge in [0.05, 0.1) is 6.07 Å². The SMILES string of the molecule is Cc1ccccc1N(C)C=CC#N. The maximum absolute atomic E-state index is 8.37. The van der Waals surface area contributed by atoms with Gasteiger partial charge in [-0.25, -0.2) is 0 Å². The molecule has 0 unspecified atom stereocenters. The first-order valence-corrected chi connectivity index (χ1v) is 4.10. The molecule has 0 heterocycles. The highest BCUT2D eigenvalue weighted by molar-refractivity contribution is 5.54. The molecule has 0 aliphatic rings. The summed E-state index contributed by atoms with van der Waals surface area (Å²) >= 11 is 0. The van der Waals surface area contributed by atoms with Crippen molar-refractivity contribution in [2.45, 2.75) is 6.92 Å². The number of rotatable bonds is 2. The lowest BCUT2D eigenvalue weighted by Crippen LogP contribution is -2.08. The molecule has 0 N–H and O–H groups in total. The topological polar surface area (TPSA) is 27.0 Å². The highest BCUT2D eigenvalue weighted by Crippen LogP contribution is 2.17. The predicted molar refractivity (Wildman–Crippen MR) is 54.3 cm³/mol. The second-order valence-electron chi connectivity index (χ2n) is 2.84. The average Bonchev–Trinajstić information content (AvgIpc) is 2.15. The molecule has 0 saturated heterocycles. The number of allylic oxidation sites excluding steroid dienone is 1. The van der Waals surface area contributed by atoms with Crippen molar-refractivity contribution in [2.75, 3.05) is 11.9 Å². The van der Waals surface area contributed by atoms with Gasteiger partial charge in [-0.15, -0.1) is 0 Å². The Kier molecular flexibility index (Phi) is 3.10. The summed E-state index contributed by atoms with van der Waals surface area (Å²) in [7, 11) is 1.93. The van der Waals surface area contributed by atoms with E-state index in [2.05, 4.69) is 0 Å². The van der Waals surface area contributed by atoms with Gasteiger partial charge < -0.3 is 4.90 Å². The van der Waals surface area contributed by atoms with Gasteiger partial charge in [-0.1, -0.05) is 18.2 Å². The van der Waals surface area contributed by atoms with Gasteiger partial charge in [-0.2, -0.15) is 5.26 Å². The van der Waals surface area contributed by atoms with Crippen molar-refractivity contribution >= 4 is 5.69 Å². The maximum Gasteiger partial charge on any atom is 0.0927 e. The number of nitrogens with zero attached hydrogens (tertiary/aromatic N) is 2. The van der Waals surface area contributed by atoms with Crippen LogP contribution in [-0.2, 0) is 0 Å². The first-order valence-electron chi connectivity index (χ1n) is 4.10. The molecule has 1 aromatic carbocycles. The van der Waals surface area contributed by atoms with E-state index in [1.54, 1.807) is 6.20 Å². The summed E-state index contributed by atoms with van der Waals surface area (Å²) in [5.74, 6) is 0. The molecule has 0 atom stereocenters. The van der Waals surface area contributed by atoms with Crippen molar-refractivity contribution in [3.05, 3.63) is 42.1 Å². The van der Waals surface area contributed by atoms with Crippen LogP contribution < -0.4 is 4.90 Å². The van der Waals surface area contributed by atoms with Gasteiger partial charge in [0, 0.05) is 25.0 Å². The predicted octanol–water partition coefficient (Wildman–Crippen LogP) is 2.47. The Labute approximate surface area is 78.7 Å². The van der Waals surface area contributed by atoms with Crippen LogP contribution in [0.25, 0.3) is 0 Å². The Bertz CT molecular complexity index is 347. The van der Waals surface area contributed by atoms with E-state index in [1.807, 2.05) is 49.2 Å². The standard InChI is InChI=1S/C11H12N2/c1-10-6-3-4-7-11(10)13(2)9-5-8-12/h3-7,9H,1-2H3. The van der Waals surface area contributed by atoms with E-state index in [-0.39, 0.29) is 0 Å². The number of hydrogen-bond acceptors (Lipinski definition) is 2. The van der Waals surface area contributed by atoms with E-state index in [1.165, 1.54) is 11.6 Å². The van der Waals surface area contributed by atoms with Crippen molar-refractivity contribution < 1.29 is 0 Å². The Balaban J connectivity index is 2.90. The molecule has 0 aliphatic heterocycles. The molecule has 2 heteroatoms. The lowest BCUT2D eigenvalue weighted by molar-refractivity contribution is 1.18. The summed E-state index contributed by atoms with van der Waals surface area (Å²) < 4.78 is 0. The molecule has 0 aromatic heterocycles. The van der Waals surface area contributed by atoms with Gasteiger partial charge in [0.25, 0.3) is 0 Å². The van der Waals surface area contributed by atoms with Gasteiger partial charge in [0.15, 0.2) is 0 Å². The fourth-order valence-corrected chi connectivity index (χ4v) is 1.18. The lowest BCUT2D eigenvalue weighted by atomic mass is 10.2. The monoisotopic (exact) mass is 172 g/mol. The van der Waals surface area contributed by atoms with Gasteiger partial charge in [-0.05, 0) is 18.6 Å². The third-order valence-corrected chi connectivity index (χ3v) is 1.87. The van der Waals surface area contributed by atoms with Gasteiger partial charge in [0.2, 0.25) is 0 Å².